The quantitative estimate of drug-likeness (QED) is 0.463. The molecule has 2 aromatic carbocycles. The number of nitrogens with zero attached hydrogens (tertiary/aromatic N) is 4. The summed E-state index contributed by atoms with van der Waals surface area (Å²) in [5.74, 6) is -1.53. The van der Waals surface area contributed by atoms with Crippen LogP contribution in [-0.4, -0.2) is 76.2 Å². The minimum atomic E-state index is -0.817. The lowest BCUT2D eigenvalue weighted by Gasteiger charge is -2.35. The van der Waals surface area contributed by atoms with Crippen LogP contribution in [0.5, 0.6) is 0 Å². The lowest BCUT2D eigenvalue weighted by atomic mass is 9.87. The van der Waals surface area contributed by atoms with E-state index in [1.165, 1.54) is 7.05 Å². The Morgan fingerprint density at radius 2 is 1.63 bits per heavy atom. The molecule has 0 spiro atoms. The molecule has 2 N–H and O–H groups in total. The SMILES string of the molecule is CNC(=O)[C@@H](NC(=O)[C@@H]1CCCN(C(=O)[C@@H]2CN(C(=O)c3nccn3C)C[C@H]2c2ccccc2)C1)c1ccccc1. The Morgan fingerprint density at radius 3 is 2.29 bits per heavy atom. The van der Waals surface area contributed by atoms with E-state index in [9.17, 15) is 19.2 Å². The third-order valence-corrected chi connectivity index (χ3v) is 8.20. The summed E-state index contributed by atoms with van der Waals surface area (Å²) in [5, 5.41) is 5.54. The number of likely N-dealkylation sites (tertiary alicyclic amines) is 2. The largest absolute Gasteiger partial charge is 0.357 e. The number of aromatic nitrogens is 2. The van der Waals surface area contributed by atoms with Gasteiger partial charge in [-0.15, -0.1) is 0 Å². The van der Waals surface area contributed by atoms with Gasteiger partial charge in [0.05, 0.1) is 11.8 Å². The summed E-state index contributed by atoms with van der Waals surface area (Å²) in [6, 6.07) is 18.1. The van der Waals surface area contributed by atoms with E-state index in [0.717, 1.165) is 5.56 Å². The smallest absolute Gasteiger partial charge is 0.289 e. The highest BCUT2D eigenvalue weighted by Crippen LogP contribution is 2.35. The van der Waals surface area contributed by atoms with Gasteiger partial charge in [0, 0.05) is 58.6 Å². The summed E-state index contributed by atoms with van der Waals surface area (Å²) in [6.45, 7) is 1.51. The number of likely N-dealkylation sites (N-methyl/N-ethyl adjacent to an activating group) is 1. The summed E-state index contributed by atoms with van der Waals surface area (Å²) >= 11 is 0. The van der Waals surface area contributed by atoms with E-state index in [-0.39, 0.29) is 42.6 Å². The number of amides is 4. The zero-order valence-corrected chi connectivity index (χ0v) is 23.4. The number of hydrogen-bond acceptors (Lipinski definition) is 5. The highest BCUT2D eigenvalue weighted by atomic mass is 16.2. The molecule has 1 aromatic heterocycles. The molecular formula is C31H36N6O4. The van der Waals surface area contributed by atoms with Crippen molar-refractivity contribution in [2.24, 2.45) is 18.9 Å². The predicted octanol–water partition coefficient (Wildman–Crippen LogP) is 2.12. The number of piperidine rings is 1. The Kier molecular flexibility index (Phi) is 8.47. The molecule has 0 bridgehead atoms. The van der Waals surface area contributed by atoms with E-state index in [0.29, 0.717) is 37.3 Å². The van der Waals surface area contributed by atoms with Crippen molar-refractivity contribution in [1.82, 2.24) is 30.0 Å². The maximum atomic E-state index is 14.0. The Hall–Kier alpha value is -4.47. The number of nitrogens with one attached hydrogen (secondary N) is 2. The average molecular weight is 557 g/mol. The molecule has 214 valence electrons. The van der Waals surface area contributed by atoms with E-state index in [4.69, 9.17) is 0 Å². The average Bonchev–Trinajstić information content (AvgIpc) is 3.66. The summed E-state index contributed by atoms with van der Waals surface area (Å²) in [4.78, 5) is 61.1. The van der Waals surface area contributed by atoms with Gasteiger partial charge in [-0.05, 0) is 24.0 Å². The molecule has 2 saturated heterocycles. The fourth-order valence-corrected chi connectivity index (χ4v) is 5.95. The number of benzene rings is 2. The molecular weight excluding hydrogens is 520 g/mol. The number of imidazole rings is 1. The molecule has 0 unspecified atom stereocenters. The lowest BCUT2D eigenvalue weighted by Crippen LogP contribution is -2.50. The van der Waals surface area contributed by atoms with Crippen LogP contribution in [0.15, 0.2) is 73.1 Å². The van der Waals surface area contributed by atoms with Gasteiger partial charge in [-0.1, -0.05) is 60.7 Å². The fraction of sp³-hybridized carbons (Fsp3) is 0.387. The van der Waals surface area contributed by atoms with E-state index in [1.807, 2.05) is 48.5 Å². The number of aryl methyl sites for hydroxylation is 1. The van der Waals surface area contributed by atoms with Crippen LogP contribution in [0.3, 0.4) is 0 Å². The molecule has 2 aliphatic rings. The van der Waals surface area contributed by atoms with E-state index in [2.05, 4.69) is 15.6 Å². The summed E-state index contributed by atoms with van der Waals surface area (Å²) in [5.41, 5.74) is 1.70. The molecule has 10 nitrogen and oxygen atoms in total. The van der Waals surface area contributed by atoms with Gasteiger partial charge in [0.2, 0.25) is 17.7 Å². The van der Waals surface area contributed by atoms with Crippen LogP contribution in [0, 0.1) is 11.8 Å². The Morgan fingerprint density at radius 1 is 0.927 bits per heavy atom. The predicted molar refractivity (Wildman–Crippen MR) is 152 cm³/mol. The van der Waals surface area contributed by atoms with Gasteiger partial charge in [0.25, 0.3) is 5.91 Å². The molecule has 4 amide bonds. The van der Waals surface area contributed by atoms with Crippen LogP contribution < -0.4 is 10.6 Å². The minimum absolute atomic E-state index is 0.0580. The van der Waals surface area contributed by atoms with E-state index < -0.39 is 17.9 Å². The van der Waals surface area contributed by atoms with Crippen molar-refractivity contribution in [3.8, 4) is 0 Å². The van der Waals surface area contributed by atoms with Crippen LogP contribution in [-0.2, 0) is 21.4 Å². The van der Waals surface area contributed by atoms with Crippen LogP contribution >= 0.6 is 0 Å². The lowest BCUT2D eigenvalue weighted by molar-refractivity contribution is -0.140. The van der Waals surface area contributed by atoms with Crippen LogP contribution in [0.4, 0.5) is 0 Å². The van der Waals surface area contributed by atoms with Crippen molar-refractivity contribution in [3.63, 3.8) is 0 Å². The van der Waals surface area contributed by atoms with Crippen LogP contribution in [0.1, 0.15) is 46.5 Å². The molecule has 0 aliphatic carbocycles. The van der Waals surface area contributed by atoms with Crippen molar-refractivity contribution in [2.45, 2.75) is 24.8 Å². The highest BCUT2D eigenvalue weighted by Gasteiger charge is 2.44. The van der Waals surface area contributed by atoms with Gasteiger partial charge in [-0.3, -0.25) is 19.2 Å². The van der Waals surface area contributed by atoms with Gasteiger partial charge < -0.3 is 25.0 Å². The van der Waals surface area contributed by atoms with Gasteiger partial charge in [-0.2, -0.15) is 0 Å². The molecule has 4 atom stereocenters. The Labute approximate surface area is 239 Å². The monoisotopic (exact) mass is 556 g/mol. The summed E-state index contributed by atoms with van der Waals surface area (Å²) in [6.07, 6.45) is 4.62. The molecule has 3 heterocycles. The topological polar surface area (TPSA) is 117 Å². The number of carbonyl (C=O) groups excluding carboxylic acids is 4. The second-order valence-electron chi connectivity index (χ2n) is 10.8. The first-order valence-electron chi connectivity index (χ1n) is 14.0. The number of hydrogen-bond donors (Lipinski definition) is 2. The zero-order valence-electron chi connectivity index (χ0n) is 23.4. The minimum Gasteiger partial charge on any atom is -0.357 e. The van der Waals surface area contributed by atoms with E-state index >= 15 is 0 Å². The Balaban J connectivity index is 1.32. The van der Waals surface area contributed by atoms with Gasteiger partial charge in [0.1, 0.15) is 6.04 Å². The second-order valence-corrected chi connectivity index (χ2v) is 10.8. The van der Waals surface area contributed by atoms with Crippen molar-refractivity contribution >= 4 is 23.6 Å². The number of carbonyl (C=O) groups is 4. The third-order valence-electron chi connectivity index (χ3n) is 8.20. The maximum absolute atomic E-state index is 14.0. The summed E-state index contributed by atoms with van der Waals surface area (Å²) < 4.78 is 1.68. The zero-order chi connectivity index (χ0) is 28.9. The Bertz CT molecular complexity index is 1390. The summed E-state index contributed by atoms with van der Waals surface area (Å²) in [7, 11) is 3.32. The normalized spacial score (nSPS) is 21.3. The first-order chi connectivity index (χ1) is 19.9. The highest BCUT2D eigenvalue weighted by molar-refractivity contribution is 5.93. The van der Waals surface area contributed by atoms with E-state index in [1.54, 1.807) is 45.9 Å². The van der Waals surface area contributed by atoms with Crippen molar-refractivity contribution in [2.75, 3.05) is 33.2 Å². The third kappa shape index (κ3) is 6.01. The molecule has 2 aliphatic heterocycles. The maximum Gasteiger partial charge on any atom is 0.289 e. The first kappa shape index (κ1) is 28.1. The molecule has 10 heteroatoms. The fourth-order valence-electron chi connectivity index (χ4n) is 5.95. The molecule has 0 saturated carbocycles. The molecule has 2 fully saturated rings. The van der Waals surface area contributed by atoms with Crippen molar-refractivity contribution in [3.05, 3.63) is 90.0 Å². The van der Waals surface area contributed by atoms with Crippen LogP contribution in [0.2, 0.25) is 0 Å². The molecule has 0 radical (unpaired) electrons. The molecule has 41 heavy (non-hydrogen) atoms. The van der Waals surface area contributed by atoms with Gasteiger partial charge in [-0.25, -0.2) is 4.98 Å². The van der Waals surface area contributed by atoms with Crippen molar-refractivity contribution in [1.29, 1.82) is 0 Å². The second kappa shape index (κ2) is 12.4. The first-order valence-corrected chi connectivity index (χ1v) is 14.0. The van der Waals surface area contributed by atoms with Crippen molar-refractivity contribution < 1.29 is 19.2 Å². The molecule has 3 aromatic rings. The van der Waals surface area contributed by atoms with Gasteiger partial charge in [0.15, 0.2) is 5.82 Å². The molecule has 5 rings (SSSR count). The number of rotatable bonds is 7. The standard InChI is InChI=1S/C31H36N6O4/c1-32-29(39)26(22-12-7-4-8-13-22)34-28(38)23-14-9-16-36(18-23)30(40)25-20-37(31(41)27-33-15-17-35(27)2)19-24(25)21-10-5-3-6-11-21/h3-8,10-13,15,17,23-26H,9,14,16,18-20H2,1-2H3,(H,32,39)(H,34,38)/t23-,24+,25-,26+/m1/s1. The van der Waals surface area contributed by atoms with Crippen LogP contribution in [0.25, 0.3) is 0 Å². The van der Waals surface area contributed by atoms with Gasteiger partial charge >= 0.3 is 0 Å².